The molecule has 0 spiro atoms. The number of halogens is 1. The zero-order chi connectivity index (χ0) is 12.3. The molecule has 0 radical (unpaired) electrons. The minimum atomic E-state index is 0.727. The molecule has 0 aliphatic heterocycles. The predicted octanol–water partition coefficient (Wildman–Crippen LogP) is 3.78. The van der Waals surface area contributed by atoms with E-state index in [4.69, 9.17) is 28.6 Å². The fourth-order valence-electron chi connectivity index (χ4n) is 1.82. The lowest BCUT2D eigenvalue weighted by Crippen LogP contribution is -2.02. The number of fused-ring (bicyclic) bond motifs is 1. The van der Waals surface area contributed by atoms with E-state index in [0.29, 0.717) is 0 Å². The van der Waals surface area contributed by atoms with Crippen LogP contribution >= 0.6 is 23.8 Å². The van der Waals surface area contributed by atoms with Gasteiger partial charge in [0.15, 0.2) is 4.77 Å². The number of benzene rings is 1. The summed E-state index contributed by atoms with van der Waals surface area (Å²) < 4.78 is 8.12. The van der Waals surface area contributed by atoms with Crippen LogP contribution in [-0.2, 0) is 11.3 Å². The number of aromatic amines is 1. The molecule has 0 bridgehead atoms. The maximum absolute atomic E-state index is 6.00. The maximum Gasteiger partial charge on any atom is 0.178 e. The Hall–Kier alpha value is -0.840. The third kappa shape index (κ3) is 2.89. The highest BCUT2D eigenvalue weighted by molar-refractivity contribution is 7.71. The third-order valence-corrected chi connectivity index (χ3v) is 3.17. The molecular formula is C12H15ClN2OS. The van der Waals surface area contributed by atoms with Crippen molar-refractivity contribution in [2.24, 2.45) is 0 Å². The highest BCUT2D eigenvalue weighted by atomic mass is 35.5. The van der Waals surface area contributed by atoms with Crippen LogP contribution in [0.2, 0.25) is 5.02 Å². The van der Waals surface area contributed by atoms with Gasteiger partial charge in [0, 0.05) is 24.8 Å². The Morgan fingerprint density at radius 3 is 3.06 bits per heavy atom. The van der Waals surface area contributed by atoms with Gasteiger partial charge in [-0.1, -0.05) is 11.6 Å². The molecule has 1 aromatic heterocycles. The molecule has 0 atom stereocenters. The average Bonchev–Trinajstić information content (AvgIpc) is 2.61. The molecule has 2 rings (SSSR count). The van der Waals surface area contributed by atoms with Crippen LogP contribution in [-0.4, -0.2) is 22.8 Å². The smallest absolute Gasteiger partial charge is 0.178 e. The first-order valence-electron chi connectivity index (χ1n) is 5.68. The van der Waals surface area contributed by atoms with Crippen LogP contribution in [0.1, 0.15) is 13.3 Å². The molecule has 0 fully saturated rings. The van der Waals surface area contributed by atoms with Gasteiger partial charge in [-0.3, -0.25) is 0 Å². The van der Waals surface area contributed by atoms with Crippen LogP contribution in [0.15, 0.2) is 18.2 Å². The number of hydrogen-bond donors (Lipinski definition) is 1. The fourth-order valence-corrected chi connectivity index (χ4v) is 2.28. The summed E-state index contributed by atoms with van der Waals surface area (Å²) in [6.07, 6.45) is 0.946. The van der Waals surface area contributed by atoms with Gasteiger partial charge in [0.1, 0.15) is 0 Å². The number of aromatic nitrogens is 2. The number of H-pyrrole nitrogens is 1. The summed E-state index contributed by atoms with van der Waals surface area (Å²) in [6, 6.07) is 5.75. The number of ether oxygens (including phenoxy) is 1. The zero-order valence-electron chi connectivity index (χ0n) is 9.70. The van der Waals surface area contributed by atoms with Gasteiger partial charge in [0.25, 0.3) is 0 Å². The average molecular weight is 271 g/mol. The Morgan fingerprint density at radius 1 is 1.47 bits per heavy atom. The largest absolute Gasteiger partial charge is 0.382 e. The Kier molecular flexibility index (Phi) is 4.20. The molecular weight excluding hydrogens is 256 g/mol. The molecule has 0 unspecified atom stereocenters. The number of imidazole rings is 1. The molecule has 1 heterocycles. The van der Waals surface area contributed by atoms with Crippen LogP contribution in [0.4, 0.5) is 0 Å². The molecule has 3 nitrogen and oxygen atoms in total. The van der Waals surface area contributed by atoms with E-state index in [-0.39, 0.29) is 0 Å². The van der Waals surface area contributed by atoms with Crippen LogP contribution in [0.3, 0.4) is 0 Å². The van der Waals surface area contributed by atoms with Gasteiger partial charge >= 0.3 is 0 Å². The minimum Gasteiger partial charge on any atom is -0.382 e. The highest BCUT2D eigenvalue weighted by Gasteiger charge is 2.04. The monoisotopic (exact) mass is 270 g/mol. The molecule has 17 heavy (non-hydrogen) atoms. The second-order valence-electron chi connectivity index (χ2n) is 3.79. The second-order valence-corrected chi connectivity index (χ2v) is 4.62. The molecule has 5 heteroatoms. The van der Waals surface area contributed by atoms with Crippen LogP contribution < -0.4 is 0 Å². The lowest BCUT2D eigenvalue weighted by molar-refractivity contribution is 0.142. The van der Waals surface area contributed by atoms with E-state index in [9.17, 15) is 0 Å². The van der Waals surface area contributed by atoms with E-state index < -0.39 is 0 Å². The summed E-state index contributed by atoms with van der Waals surface area (Å²) in [6.45, 7) is 4.35. The van der Waals surface area contributed by atoms with Crippen molar-refractivity contribution < 1.29 is 4.74 Å². The molecule has 0 saturated heterocycles. The van der Waals surface area contributed by atoms with Gasteiger partial charge in [-0.2, -0.15) is 0 Å². The first-order chi connectivity index (χ1) is 8.22. The third-order valence-electron chi connectivity index (χ3n) is 2.61. The summed E-state index contributed by atoms with van der Waals surface area (Å²) in [7, 11) is 0. The Bertz CT molecular complexity index is 561. The quantitative estimate of drug-likeness (QED) is 0.662. The summed E-state index contributed by atoms with van der Waals surface area (Å²) in [5, 5.41) is 0.727. The first kappa shape index (κ1) is 12.6. The van der Waals surface area contributed by atoms with Gasteiger partial charge in [-0.15, -0.1) is 0 Å². The van der Waals surface area contributed by atoms with Crippen molar-refractivity contribution in [3.63, 3.8) is 0 Å². The number of nitrogens with zero attached hydrogens (tertiary/aromatic N) is 1. The van der Waals surface area contributed by atoms with Gasteiger partial charge in [-0.05, 0) is 43.8 Å². The van der Waals surface area contributed by atoms with Crippen LogP contribution in [0.25, 0.3) is 11.0 Å². The highest BCUT2D eigenvalue weighted by Crippen LogP contribution is 2.19. The van der Waals surface area contributed by atoms with Crippen molar-refractivity contribution in [2.45, 2.75) is 19.9 Å². The summed E-state index contributed by atoms with van der Waals surface area (Å²) in [5.74, 6) is 0. The number of aryl methyl sites for hydroxylation is 1. The van der Waals surface area contributed by atoms with E-state index >= 15 is 0 Å². The zero-order valence-corrected chi connectivity index (χ0v) is 11.3. The Labute approximate surface area is 110 Å². The van der Waals surface area contributed by atoms with Crippen molar-refractivity contribution in [2.75, 3.05) is 13.2 Å². The lowest BCUT2D eigenvalue weighted by atomic mass is 10.3. The number of hydrogen-bond acceptors (Lipinski definition) is 2. The van der Waals surface area contributed by atoms with Gasteiger partial charge < -0.3 is 14.3 Å². The van der Waals surface area contributed by atoms with Gasteiger partial charge in [0.2, 0.25) is 0 Å². The molecule has 2 aromatic rings. The summed E-state index contributed by atoms with van der Waals surface area (Å²) >= 11 is 11.3. The molecule has 1 aromatic carbocycles. The normalized spacial score (nSPS) is 11.2. The van der Waals surface area contributed by atoms with Crippen LogP contribution in [0, 0.1) is 4.77 Å². The molecule has 0 aliphatic rings. The van der Waals surface area contributed by atoms with Crippen LogP contribution in [0.5, 0.6) is 0 Å². The van der Waals surface area contributed by atoms with Crippen molar-refractivity contribution in [3.8, 4) is 0 Å². The summed E-state index contributed by atoms with van der Waals surface area (Å²) in [4.78, 5) is 3.17. The van der Waals surface area contributed by atoms with Crippen molar-refractivity contribution in [1.29, 1.82) is 0 Å². The van der Waals surface area contributed by atoms with Crippen molar-refractivity contribution >= 4 is 34.9 Å². The van der Waals surface area contributed by atoms with Gasteiger partial charge in [0.05, 0.1) is 11.0 Å². The molecule has 0 aliphatic carbocycles. The topological polar surface area (TPSA) is 29.9 Å². The number of nitrogens with one attached hydrogen (secondary N) is 1. The van der Waals surface area contributed by atoms with Crippen molar-refractivity contribution in [3.05, 3.63) is 28.0 Å². The molecule has 0 amide bonds. The van der Waals surface area contributed by atoms with E-state index in [1.165, 1.54) is 0 Å². The number of rotatable bonds is 5. The Morgan fingerprint density at radius 2 is 2.29 bits per heavy atom. The minimum absolute atomic E-state index is 0.727. The van der Waals surface area contributed by atoms with E-state index in [1.807, 2.05) is 25.1 Å². The summed E-state index contributed by atoms with van der Waals surface area (Å²) in [5.41, 5.74) is 2.08. The Balaban J connectivity index is 2.23. The maximum atomic E-state index is 6.00. The SMILES string of the molecule is CCOCCCn1c(=S)[nH]c2ccc(Cl)cc21. The van der Waals surface area contributed by atoms with E-state index in [2.05, 4.69) is 9.55 Å². The van der Waals surface area contributed by atoms with Gasteiger partial charge in [-0.25, -0.2) is 0 Å². The first-order valence-corrected chi connectivity index (χ1v) is 6.47. The van der Waals surface area contributed by atoms with E-state index in [0.717, 1.165) is 47.0 Å². The molecule has 92 valence electrons. The predicted molar refractivity (Wildman–Crippen MR) is 73.2 cm³/mol. The van der Waals surface area contributed by atoms with E-state index in [1.54, 1.807) is 0 Å². The molecule has 0 saturated carbocycles. The van der Waals surface area contributed by atoms with Crippen molar-refractivity contribution in [1.82, 2.24) is 9.55 Å². The second kappa shape index (κ2) is 5.67. The fraction of sp³-hybridized carbons (Fsp3) is 0.417. The molecule has 1 N–H and O–H groups in total. The lowest BCUT2D eigenvalue weighted by Gasteiger charge is -2.04. The standard InChI is InChI=1S/C12H15ClN2OS/c1-2-16-7-3-6-15-11-8-9(13)4-5-10(11)14-12(15)17/h4-5,8H,2-3,6-7H2,1H3,(H,14,17).